The molecule has 2 rings (SSSR count). The summed E-state index contributed by atoms with van der Waals surface area (Å²) in [5, 5.41) is 2.68. The molecule has 0 unspecified atom stereocenters. The summed E-state index contributed by atoms with van der Waals surface area (Å²) in [7, 11) is 0. The number of carbonyl (C=O) groups excluding carboxylic acids is 2. The fourth-order valence-electron chi connectivity index (χ4n) is 1.44. The largest absolute Gasteiger partial charge is 0.484 e. The number of anilines is 1. The topological polar surface area (TPSA) is 94.6 Å². The Kier molecular flexibility index (Phi) is 4.27. The van der Waals surface area contributed by atoms with Crippen LogP contribution in [0, 0.1) is 0 Å². The number of hydrogen-bond donors (Lipinski definition) is 2. The predicted octanol–water partition coefficient (Wildman–Crippen LogP) is 2.05. The molecule has 20 heavy (non-hydrogen) atoms. The molecule has 0 atom stereocenters. The third-order valence-electron chi connectivity index (χ3n) is 2.36. The van der Waals surface area contributed by atoms with Gasteiger partial charge in [-0.1, -0.05) is 0 Å². The van der Waals surface area contributed by atoms with E-state index < -0.39 is 5.91 Å². The third kappa shape index (κ3) is 3.52. The van der Waals surface area contributed by atoms with Crippen LogP contribution in [-0.2, 0) is 4.79 Å². The standard InChI is InChI=1S/C13H11ClN2O4/c14-12-10(5-6-19-12)13(18)16-8-1-3-9(4-2-8)20-7-11(15)17/h1-6H,7H2,(H2,15,17)(H,16,18). The lowest BCUT2D eigenvalue weighted by Gasteiger charge is -2.06. The van der Waals surface area contributed by atoms with Crippen LogP contribution in [0.15, 0.2) is 41.0 Å². The Labute approximate surface area is 119 Å². The van der Waals surface area contributed by atoms with E-state index in [-0.39, 0.29) is 23.3 Å². The van der Waals surface area contributed by atoms with E-state index in [2.05, 4.69) is 5.32 Å². The monoisotopic (exact) mass is 294 g/mol. The van der Waals surface area contributed by atoms with Crippen LogP contribution in [0.2, 0.25) is 5.22 Å². The van der Waals surface area contributed by atoms with Crippen molar-refractivity contribution in [3.05, 3.63) is 47.4 Å². The van der Waals surface area contributed by atoms with Gasteiger partial charge in [0.25, 0.3) is 11.8 Å². The van der Waals surface area contributed by atoms with E-state index in [0.717, 1.165) is 0 Å². The molecule has 0 aliphatic heterocycles. The number of halogens is 1. The van der Waals surface area contributed by atoms with Crippen LogP contribution in [0.4, 0.5) is 5.69 Å². The molecule has 3 N–H and O–H groups in total. The first kappa shape index (κ1) is 14.0. The molecule has 1 aromatic heterocycles. The van der Waals surface area contributed by atoms with E-state index in [1.54, 1.807) is 24.3 Å². The molecule has 2 aromatic rings. The maximum Gasteiger partial charge on any atom is 0.260 e. The van der Waals surface area contributed by atoms with Crippen molar-refractivity contribution in [2.75, 3.05) is 11.9 Å². The van der Waals surface area contributed by atoms with Crippen LogP contribution in [0.1, 0.15) is 10.4 Å². The lowest BCUT2D eigenvalue weighted by Crippen LogP contribution is -2.20. The van der Waals surface area contributed by atoms with Gasteiger partial charge in [-0.3, -0.25) is 9.59 Å². The summed E-state index contributed by atoms with van der Waals surface area (Å²) in [6.45, 7) is -0.198. The summed E-state index contributed by atoms with van der Waals surface area (Å²) in [6.07, 6.45) is 1.33. The summed E-state index contributed by atoms with van der Waals surface area (Å²) in [5.41, 5.74) is 5.77. The Balaban J connectivity index is 1.99. The Morgan fingerprint density at radius 1 is 1.25 bits per heavy atom. The predicted molar refractivity (Wildman–Crippen MR) is 72.8 cm³/mol. The number of primary amides is 1. The summed E-state index contributed by atoms with van der Waals surface area (Å²) >= 11 is 5.71. The van der Waals surface area contributed by atoms with Crippen molar-refractivity contribution in [2.24, 2.45) is 5.73 Å². The molecular weight excluding hydrogens is 284 g/mol. The summed E-state index contributed by atoms with van der Waals surface area (Å²) in [4.78, 5) is 22.4. The highest BCUT2D eigenvalue weighted by molar-refractivity contribution is 6.32. The molecule has 0 radical (unpaired) electrons. The van der Waals surface area contributed by atoms with Gasteiger partial charge in [0.1, 0.15) is 5.75 Å². The molecule has 1 heterocycles. The van der Waals surface area contributed by atoms with Crippen LogP contribution in [0.5, 0.6) is 5.75 Å². The summed E-state index contributed by atoms with van der Waals surface area (Å²) < 4.78 is 9.93. The first-order chi connectivity index (χ1) is 9.56. The second kappa shape index (κ2) is 6.12. The van der Waals surface area contributed by atoms with Gasteiger partial charge in [0.15, 0.2) is 6.61 Å². The second-order valence-electron chi connectivity index (χ2n) is 3.84. The number of hydrogen-bond acceptors (Lipinski definition) is 4. The van der Waals surface area contributed by atoms with Gasteiger partial charge in [0.05, 0.1) is 11.8 Å². The molecule has 0 saturated carbocycles. The number of nitrogens with one attached hydrogen (secondary N) is 1. The van der Waals surface area contributed by atoms with Gasteiger partial charge in [-0.25, -0.2) is 0 Å². The normalized spacial score (nSPS) is 10.1. The van der Waals surface area contributed by atoms with Gasteiger partial charge >= 0.3 is 0 Å². The molecule has 0 aliphatic carbocycles. The molecule has 0 fully saturated rings. The van der Waals surface area contributed by atoms with Crippen molar-refractivity contribution in [2.45, 2.75) is 0 Å². The quantitative estimate of drug-likeness (QED) is 0.882. The van der Waals surface area contributed by atoms with Gasteiger partial charge in [-0.2, -0.15) is 0 Å². The summed E-state index contributed by atoms with van der Waals surface area (Å²) in [5.74, 6) is -0.463. The minimum absolute atomic E-state index is 0.0314. The van der Waals surface area contributed by atoms with Crippen LogP contribution in [0.25, 0.3) is 0 Å². The molecule has 6 nitrogen and oxygen atoms in total. The van der Waals surface area contributed by atoms with Crippen molar-refractivity contribution >= 4 is 29.1 Å². The maximum absolute atomic E-state index is 11.8. The molecule has 7 heteroatoms. The van der Waals surface area contributed by atoms with E-state index in [0.29, 0.717) is 11.4 Å². The highest BCUT2D eigenvalue weighted by Gasteiger charge is 2.12. The minimum atomic E-state index is -0.558. The van der Waals surface area contributed by atoms with E-state index >= 15 is 0 Å². The summed E-state index contributed by atoms with van der Waals surface area (Å²) in [6, 6.07) is 7.94. The minimum Gasteiger partial charge on any atom is -0.484 e. The average Bonchev–Trinajstić information content (AvgIpc) is 2.84. The Hall–Kier alpha value is -2.47. The maximum atomic E-state index is 11.8. The molecular formula is C13H11ClN2O4. The van der Waals surface area contributed by atoms with Crippen molar-refractivity contribution in [3.63, 3.8) is 0 Å². The van der Waals surface area contributed by atoms with E-state index in [1.807, 2.05) is 0 Å². The Bertz CT molecular complexity index is 622. The van der Waals surface area contributed by atoms with Crippen molar-refractivity contribution in [1.82, 2.24) is 0 Å². The molecule has 0 bridgehead atoms. The fraction of sp³-hybridized carbons (Fsp3) is 0.0769. The highest BCUT2D eigenvalue weighted by Crippen LogP contribution is 2.20. The highest BCUT2D eigenvalue weighted by atomic mass is 35.5. The average molecular weight is 295 g/mol. The number of amides is 2. The first-order valence-corrected chi connectivity index (χ1v) is 5.99. The van der Waals surface area contributed by atoms with Gasteiger partial charge in [-0.15, -0.1) is 0 Å². The van der Waals surface area contributed by atoms with Crippen LogP contribution < -0.4 is 15.8 Å². The van der Waals surface area contributed by atoms with E-state index in [9.17, 15) is 9.59 Å². The molecule has 104 valence electrons. The van der Waals surface area contributed by atoms with Crippen molar-refractivity contribution in [3.8, 4) is 5.75 Å². The lowest BCUT2D eigenvalue weighted by molar-refractivity contribution is -0.119. The van der Waals surface area contributed by atoms with E-state index in [4.69, 9.17) is 26.5 Å². The number of nitrogens with two attached hydrogens (primary N) is 1. The molecule has 0 saturated heterocycles. The Morgan fingerprint density at radius 2 is 1.95 bits per heavy atom. The zero-order valence-corrected chi connectivity index (χ0v) is 11.0. The fourth-order valence-corrected chi connectivity index (χ4v) is 1.64. The van der Waals surface area contributed by atoms with E-state index in [1.165, 1.54) is 12.3 Å². The zero-order valence-electron chi connectivity index (χ0n) is 10.3. The zero-order chi connectivity index (χ0) is 14.5. The molecule has 0 spiro atoms. The van der Waals surface area contributed by atoms with Gasteiger partial charge in [0.2, 0.25) is 5.22 Å². The number of benzene rings is 1. The van der Waals surface area contributed by atoms with Gasteiger partial charge in [-0.05, 0) is 41.9 Å². The second-order valence-corrected chi connectivity index (χ2v) is 4.18. The molecule has 2 amide bonds. The smallest absolute Gasteiger partial charge is 0.260 e. The molecule has 1 aromatic carbocycles. The number of furan rings is 1. The Morgan fingerprint density at radius 3 is 2.50 bits per heavy atom. The van der Waals surface area contributed by atoms with Crippen LogP contribution >= 0.6 is 11.6 Å². The number of rotatable bonds is 5. The van der Waals surface area contributed by atoms with Gasteiger partial charge in [0, 0.05) is 5.69 Å². The SMILES string of the molecule is NC(=O)COc1ccc(NC(=O)c2ccoc2Cl)cc1. The van der Waals surface area contributed by atoms with Gasteiger partial charge < -0.3 is 20.2 Å². The number of ether oxygens (including phenoxy) is 1. The first-order valence-electron chi connectivity index (χ1n) is 5.62. The van der Waals surface area contributed by atoms with Crippen LogP contribution in [0.3, 0.4) is 0 Å². The van der Waals surface area contributed by atoms with Crippen molar-refractivity contribution in [1.29, 1.82) is 0 Å². The van der Waals surface area contributed by atoms with Crippen LogP contribution in [-0.4, -0.2) is 18.4 Å². The van der Waals surface area contributed by atoms with Crippen molar-refractivity contribution < 1.29 is 18.7 Å². The molecule has 0 aliphatic rings. The third-order valence-corrected chi connectivity index (χ3v) is 2.65. The number of carbonyl (C=O) groups is 2. The lowest BCUT2D eigenvalue weighted by atomic mass is 10.2.